The first-order valence-corrected chi connectivity index (χ1v) is 17.6. The van der Waals surface area contributed by atoms with E-state index in [9.17, 15) is 24.3 Å². The summed E-state index contributed by atoms with van der Waals surface area (Å²) in [6.45, 7) is -0.262. The van der Waals surface area contributed by atoms with Crippen molar-refractivity contribution in [3.63, 3.8) is 0 Å². The van der Waals surface area contributed by atoms with Gasteiger partial charge in [-0.2, -0.15) is 0 Å². The fraction of sp³-hybridized carbons (Fsp3) is 0.294. The van der Waals surface area contributed by atoms with Crippen molar-refractivity contribution in [2.24, 2.45) is 29.6 Å². The van der Waals surface area contributed by atoms with Gasteiger partial charge in [0.25, 0.3) is 5.91 Å². The minimum absolute atomic E-state index is 0.00111. The number of hydrogen-bond acceptors (Lipinski definition) is 9. The van der Waals surface area contributed by atoms with E-state index in [4.69, 9.17) is 9.47 Å². The molecule has 3 fully saturated rings. The number of methoxy groups -OCH3 is 1. The van der Waals surface area contributed by atoms with Crippen molar-refractivity contribution in [1.82, 2.24) is 4.98 Å². The third-order valence-corrected chi connectivity index (χ3v) is 13.0. The number of ether oxygens (including phenoxy) is 2. The van der Waals surface area contributed by atoms with Crippen LogP contribution >= 0.6 is 39.0 Å². The van der Waals surface area contributed by atoms with Crippen molar-refractivity contribution in [1.29, 1.82) is 0 Å². The van der Waals surface area contributed by atoms with Crippen LogP contribution in [0.15, 0.2) is 81.0 Å². The lowest BCUT2D eigenvalue weighted by Gasteiger charge is -2.43. The Morgan fingerprint density at radius 2 is 1.74 bits per heavy atom. The Hall–Kier alpha value is -4.07. The molecule has 0 radical (unpaired) electrons. The maximum Gasteiger partial charge on any atom is 0.305 e. The van der Waals surface area contributed by atoms with Gasteiger partial charge in [0.05, 0.1) is 29.7 Å². The van der Waals surface area contributed by atoms with Gasteiger partial charge in [0.1, 0.15) is 17.2 Å². The zero-order chi connectivity index (χ0) is 32.6. The van der Waals surface area contributed by atoms with Gasteiger partial charge in [-0.3, -0.25) is 24.1 Å². The number of benzene rings is 3. The predicted molar refractivity (Wildman–Crippen MR) is 180 cm³/mol. The van der Waals surface area contributed by atoms with E-state index in [0.29, 0.717) is 22.9 Å². The van der Waals surface area contributed by atoms with Crippen LogP contribution in [-0.2, 0) is 14.4 Å². The third-order valence-electron chi connectivity index (χ3n) is 9.87. The van der Waals surface area contributed by atoms with Gasteiger partial charge in [-0.15, -0.1) is 11.8 Å². The molecule has 6 unspecified atom stereocenters. The van der Waals surface area contributed by atoms with Crippen molar-refractivity contribution in [3.8, 4) is 17.2 Å². The summed E-state index contributed by atoms with van der Waals surface area (Å²) in [6.07, 6.45) is 0.750. The number of phenolic OH excluding ortho intramolecular Hbond substituents is 1. The molecule has 2 aliphatic heterocycles. The average Bonchev–Trinajstić information content (AvgIpc) is 3.80. The fourth-order valence-electron chi connectivity index (χ4n) is 8.13. The number of anilines is 2. The number of nitrogens with zero attached hydrogens (tertiary/aromatic N) is 1. The molecule has 3 amide bonds. The standard InChI is InChI=1S/C34H28BrN3O7S2/c1-44-19-9-5-17(6-10-19)38-32(41)27-21-13-22(28(27)33(38)42)29-26(21)25(30-31(46-29)37-34(43)47-30)20-12-15(35)2-11-23(20)45-14-24(40)36-16-3-7-18(39)8-4-16/h2-12,21-22,25-29,39H,13-14H2,1H3,(H,36,40)(H,37,43)/t21?,22?,25-,26?,27?,28?,29?/m1/s1. The van der Waals surface area contributed by atoms with E-state index in [1.165, 1.54) is 17.0 Å². The van der Waals surface area contributed by atoms with E-state index in [1.54, 1.807) is 55.3 Å². The molecule has 8 rings (SSSR count). The second kappa shape index (κ2) is 11.6. The van der Waals surface area contributed by atoms with Crippen molar-refractivity contribution < 1.29 is 29.0 Å². The summed E-state index contributed by atoms with van der Waals surface area (Å²) in [6, 6.07) is 18.8. The number of aromatic nitrogens is 1. The Bertz CT molecular complexity index is 1980. The highest BCUT2D eigenvalue weighted by atomic mass is 79.9. The van der Waals surface area contributed by atoms with Gasteiger partial charge in [-0.1, -0.05) is 27.3 Å². The first-order valence-electron chi connectivity index (χ1n) is 15.1. The van der Waals surface area contributed by atoms with Gasteiger partial charge in [0, 0.05) is 31.8 Å². The van der Waals surface area contributed by atoms with Crippen LogP contribution in [0.1, 0.15) is 22.8 Å². The van der Waals surface area contributed by atoms with E-state index < -0.39 is 11.8 Å². The number of amides is 3. The van der Waals surface area contributed by atoms with E-state index in [-0.39, 0.29) is 63.9 Å². The first-order chi connectivity index (χ1) is 22.7. The van der Waals surface area contributed by atoms with Crippen LogP contribution in [0.2, 0.25) is 0 Å². The number of H-pyrrole nitrogens is 1. The largest absolute Gasteiger partial charge is 0.508 e. The number of thioether (sulfide) groups is 1. The Morgan fingerprint density at radius 1 is 1.02 bits per heavy atom. The Balaban J connectivity index is 1.13. The van der Waals surface area contributed by atoms with Gasteiger partial charge < -0.3 is 24.9 Å². The highest BCUT2D eigenvalue weighted by Gasteiger charge is 2.69. The molecule has 47 heavy (non-hydrogen) atoms. The zero-order valence-electron chi connectivity index (χ0n) is 24.8. The minimum Gasteiger partial charge on any atom is -0.508 e. The van der Waals surface area contributed by atoms with Crippen molar-refractivity contribution in [2.45, 2.75) is 22.6 Å². The minimum atomic E-state index is -0.455. The van der Waals surface area contributed by atoms with Crippen LogP contribution in [0.25, 0.3) is 0 Å². The van der Waals surface area contributed by atoms with E-state index in [2.05, 4.69) is 26.2 Å². The van der Waals surface area contributed by atoms with Gasteiger partial charge in [-0.25, -0.2) is 0 Å². The summed E-state index contributed by atoms with van der Waals surface area (Å²) >= 11 is 6.40. The molecule has 10 nitrogen and oxygen atoms in total. The number of fused-ring (bicyclic) bond motifs is 9. The van der Waals surface area contributed by atoms with Crippen LogP contribution in [0.4, 0.5) is 11.4 Å². The van der Waals surface area contributed by atoms with Gasteiger partial charge in [0.2, 0.25) is 11.8 Å². The maximum atomic E-state index is 14.1. The number of aromatic hydroxyl groups is 1. The van der Waals surface area contributed by atoms with Crippen molar-refractivity contribution in [3.05, 3.63) is 91.3 Å². The van der Waals surface area contributed by atoms with Crippen molar-refractivity contribution >= 4 is 68.1 Å². The summed E-state index contributed by atoms with van der Waals surface area (Å²) < 4.78 is 12.2. The SMILES string of the molecule is COc1ccc(N2C(=O)C3C4CC(C3C2=O)C2C4Sc3[nH]c(=O)sc3[C@@H]2c2cc(Br)ccc2OCC(=O)Nc2ccc(O)cc2)cc1. The molecule has 1 aromatic heterocycles. The number of thiazole rings is 1. The molecule has 240 valence electrons. The zero-order valence-corrected chi connectivity index (χ0v) is 28.1. The quantitative estimate of drug-likeness (QED) is 0.165. The molecule has 3 heterocycles. The lowest BCUT2D eigenvalue weighted by atomic mass is 9.68. The molecule has 13 heteroatoms. The second-order valence-electron chi connectivity index (χ2n) is 12.2. The Morgan fingerprint density at radius 3 is 2.47 bits per heavy atom. The summed E-state index contributed by atoms with van der Waals surface area (Å²) in [5.41, 5.74) is 1.88. The smallest absolute Gasteiger partial charge is 0.305 e. The number of rotatable bonds is 7. The van der Waals surface area contributed by atoms with Crippen LogP contribution in [0.5, 0.6) is 17.2 Å². The lowest BCUT2D eigenvalue weighted by molar-refractivity contribution is -0.123. The molecule has 3 aromatic carbocycles. The van der Waals surface area contributed by atoms with Gasteiger partial charge >= 0.3 is 4.87 Å². The second-order valence-corrected chi connectivity index (χ2v) is 15.4. The molecule has 4 aliphatic rings. The Kier molecular flexibility index (Phi) is 7.45. The summed E-state index contributed by atoms with van der Waals surface area (Å²) in [4.78, 5) is 58.7. The Labute approximate surface area is 285 Å². The predicted octanol–water partition coefficient (Wildman–Crippen LogP) is 5.61. The highest BCUT2D eigenvalue weighted by Crippen LogP contribution is 2.69. The monoisotopic (exact) mass is 733 g/mol. The molecular formula is C34H28BrN3O7S2. The molecule has 3 N–H and O–H groups in total. The number of phenols is 1. The number of imide groups is 1. The van der Waals surface area contributed by atoms with Crippen LogP contribution < -0.4 is 24.6 Å². The molecule has 0 spiro atoms. The molecule has 4 aromatic rings. The summed E-state index contributed by atoms with van der Waals surface area (Å²) in [5.74, 6) is -0.790. The third kappa shape index (κ3) is 4.97. The number of halogens is 1. The normalized spacial score (nSPS) is 26.9. The molecule has 1 saturated heterocycles. The van der Waals surface area contributed by atoms with E-state index in [0.717, 1.165) is 37.7 Å². The molecule has 2 saturated carbocycles. The number of hydrogen-bond donors (Lipinski definition) is 3. The van der Waals surface area contributed by atoms with E-state index in [1.807, 2.05) is 18.2 Å². The maximum absolute atomic E-state index is 14.1. The van der Waals surface area contributed by atoms with E-state index >= 15 is 0 Å². The summed E-state index contributed by atoms with van der Waals surface area (Å²) in [7, 11) is 1.57. The highest BCUT2D eigenvalue weighted by molar-refractivity contribution is 9.10. The molecule has 2 bridgehead atoms. The lowest BCUT2D eigenvalue weighted by Crippen LogP contribution is -2.42. The van der Waals surface area contributed by atoms with Crippen molar-refractivity contribution in [2.75, 3.05) is 23.9 Å². The fourth-order valence-corrected chi connectivity index (χ4v) is 11.4. The van der Waals surface area contributed by atoms with Gasteiger partial charge in [-0.05, 0) is 90.9 Å². The first kappa shape index (κ1) is 30.3. The number of carbonyl (C=O) groups excluding carboxylic acids is 3. The van der Waals surface area contributed by atoms with Crippen LogP contribution in [-0.4, -0.2) is 46.8 Å². The molecule has 7 atom stereocenters. The topological polar surface area (TPSA) is 138 Å². The molecule has 2 aliphatic carbocycles. The average molecular weight is 735 g/mol. The number of nitrogens with one attached hydrogen (secondary N) is 2. The van der Waals surface area contributed by atoms with Crippen LogP contribution in [0.3, 0.4) is 0 Å². The molecular weight excluding hydrogens is 706 g/mol. The summed E-state index contributed by atoms with van der Waals surface area (Å²) in [5, 5.41) is 13.1. The van der Waals surface area contributed by atoms with Gasteiger partial charge in [0.15, 0.2) is 6.61 Å². The number of aromatic amines is 1. The van der Waals surface area contributed by atoms with Crippen LogP contribution in [0, 0.1) is 29.6 Å². The number of carbonyl (C=O) groups is 3.